The second-order valence-corrected chi connectivity index (χ2v) is 9.33. The SMILES string of the molecule is Cc1ccc(C2=C(Nc3ccc(C(C)C)cc3)C(=O)N(c3ccc(N(C)C)cc3)C2=O)c(C)c1. The van der Waals surface area contributed by atoms with Gasteiger partial charge in [0, 0.05) is 25.5 Å². The third-order valence-corrected chi connectivity index (χ3v) is 6.21. The van der Waals surface area contributed by atoms with Gasteiger partial charge in [0.2, 0.25) is 0 Å². The summed E-state index contributed by atoms with van der Waals surface area (Å²) in [4.78, 5) is 30.6. The molecule has 3 aromatic carbocycles. The molecular weight excluding hydrogens is 422 g/mol. The summed E-state index contributed by atoms with van der Waals surface area (Å²) in [6, 6.07) is 21.4. The van der Waals surface area contributed by atoms with E-state index >= 15 is 0 Å². The molecule has 1 aliphatic rings. The molecule has 0 bridgehead atoms. The number of aryl methyl sites for hydroxylation is 2. The number of nitrogens with one attached hydrogen (secondary N) is 1. The topological polar surface area (TPSA) is 52.7 Å². The van der Waals surface area contributed by atoms with Gasteiger partial charge in [-0.2, -0.15) is 0 Å². The van der Waals surface area contributed by atoms with E-state index < -0.39 is 0 Å². The van der Waals surface area contributed by atoms with Crippen LogP contribution in [0.2, 0.25) is 0 Å². The van der Waals surface area contributed by atoms with Crippen LogP contribution in [0.1, 0.15) is 42.0 Å². The number of amides is 2. The second-order valence-electron chi connectivity index (χ2n) is 9.33. The lowest BCUT2D eigenvalue weighted by Crippen LogP contribution is -2.32. The molecule has 5 nitrogen and oxygen atoms in total. The van der Waals surface area contributed by atoms with Crippen molar-refractivity contribution in [3.05, 3.63) is 94.7 Å². The van der Waals surface area contributed by atoms with Gasteiger partial charge in [-0.3, -0.25) is 9.59 Å². The number of anilines is 3. The number of rotatable bonds is 6. The van der Waals surface area contributed by atoms with Crippen LogP contribution in [0.4, 0.5) is 17.1 Å². The molecule has 1 aliphatic heterocycles. The molecule has 0 aliphatic carbocycles. The Balaban J connectivity index is 1.79. The third-order valence-electron chi connectivity index (χ3n) is 6.21. The molecule has 0 spiro atoms. The monoisotopic (exact) mass is 453 g/mol. The molecule has 0 unspecified atom stereocenters. The van der Waals surface area contributed by atoms with Gasteiger partial charge in [-0.1, -0.05) is 49.7 Å². The van der Waals surface area contributed by atoms with Crippen molar-refractivity contribution in [1.29, 1.82) is 0 Å². The van der Waals surface area contributed by atoms with E-state index in [1.54, 1.807) is 0 Å². The lowest BCUT2D eigenvalue weighted by atomic mass is 9.97. The average molecular weight is 454 g/mol. The van der Waals surface area contributed by atoms with Gasteiger partial charge in [0.15, 0.2) is 0 Å². The zero-order chi connectivity index (χ0) is 24.6. The molecule has 1 N–H and O–H groups in total. The number of hydrogen-bond acceptors (Lipinski definition) is 4. The Labute approximate surface area is 201 Å². The van der Waals surface area contributed by atoms with E-state index in [4.69, 9.17) is 0 Å². The third kappa shape index (κ3) is 4.34. The molecule has 4 rings (SSSR count). The largest absolute Gasteiger partial charge is 0.378 e. The van der Waals surface area contributed by atoms with E-state index in [0.717, 1.165) is 28.1 Å². The van der Waals surface area contributed by atoms with Crippen molar-refractivity contribution >= 4 is 34.4 Å². The first-order chi connectivity index (χ1) is 16.2. The van der Waals surface area contributed by atoms with Gasteiger partial charge >= 0.3 is 0 Å². The van der Waals surface area contributed by atoms with Crippen molar-refractivity contribution in [3.63, 3.8) is 0 Å². The van der Waals surface area contributed by atoms with Crippen LogP contribution in [0.15, 0.2) is 72.4 Å². The van der Waals surface area contributed by atoms with Gasteiger partial charge in [0.05, 0.1) is 11.3 Å². The highest BCUT2D eigenvalue weighted by Gasteiger charge is 2.40. The maximum atomic E-state index is 13.7. The molecule has 0 saturated carbocycles. The Morgan fingerprint density at radius 2 is 1.47 bits per heavy atom. The minimum Gasteiger partial charge on any atom is -0.378 e. The van der Waals surface area contributed by atoms with Crippen LogP contribution in [0.25, 0.3) is 5.57 Å². The molecule has 1 heterocycles. The molecule has 174 valence electrons. The summed E-state index contributed by atoms with van der Waals surface area (Å²) in [6.07, 6.45) is 0. The van der Waals surface area contributed by atoms with E-state index in [1.165, 1.54) is 10.5 Å². The Morgan fingerprint density at radius 3 is 2.03 bits per heavy atom. The maximum absolute atomic E-state index is 13.7. The molecule has 0 radical (unpaired) electrons. The molecular formula is C29H31N3O2. The molecule has 0 fully saturated rings. The molecule has 0 aromatic heterocycles. The summed E-state index contributed by atoms with van der Waals surface area (Å²) in [7, 11) is 3.90. The zero-order valence-electron chi connectivity index (χ0n) is 20.6. The van der Waals surface area contributed by atoms with Crippen LogP contribution in [0.3, 0.4) is 0 Å². The Hall–Kier alpha value is -3.86. The number of imide groups is 1. The summed E-state index contributed by atoms with van der Waals surface area (Å²) < 4.78 is 0. The number of hydrogen-bond donors (Lipinski definition) is 1. The van der Waals surface area contributed by atoms with Crippen molar-refractivity contribution in [1.82, 2.24) is 0 Å². The normalized spacial score (nSPS) is 13.8. The van der Waals surface area contributed by atoms with Gasteiger partial charge in [-0.25, -0.2) is 4.90 Å². The minimum absolute atomic E-state index is 0.297. The molecule has 34 heavy (non-hydrogen) atoms. The predicted molar refractivity (Wildman–Crippen MR) is 140 cm³/mol. The molecule has 3 aromatic rings. The first kappa shape index (κ1) is 23.3. The molecule has 2 amide bonds. The van der Waals surface area contributed by atoms with Crippen molar-refractivity contribution in [2.45, 2.75) is 33.6 Å². The van der Waals surface area contributed by atoms with Gasteiger partial charge in [-0.05, 0) is 72.9 Å². The Bertz CT molecular complexity index is 1270. The summed E-state index contributed by atoms with van der Waals surface area (Å²) in [5, 5.41) is 3.27. The van der Waals surface area contributed by atoms with Gasteiger partial charge in [-0.15, -0.1) is 0 Å². The van der Waals surface area contributed by atoms with Crippen molar-refractivity contribution < 1.29 is 9.59 Å². The first-order valence-electron chi connectivity index (χ1n) is 11.5. The van der Waals surface area contributed by atoms with Crippen LogP contribution in [-0.4, -0.2) is 25.9 Å². The highest BCUT2D eigenvalue weighted by atomic mass is 16.2. The van der Waals surface area contributed by atoms with Crippen LogP contribution in [0, 0.1) is 13.8 Å². The Morgan fingerprint density at radius 1 is 0.824 bits per heavy atom. The van der Waals surface area contributed by atoms with Gasteiger partial charge < -0.3 is 10.2 Å². The highest BCUT2D eigenvalue weighted by molar-refractivity contribution is 6.46. The average Bonchev–Trinajstić information content (AvgIpc) is 3.03. The standard InChI is InChI=1S/C29H31N3O2/c1-18(2)21-8-10-22(11-9-21)30-27-26(25-16-7-19(3)17-20(25)4)28(33)32(29(27)34)24-14-12-23(13-15-24)31(5)6/h7-18,30H,1-6H3. The molecule has 0 saturated heterocycles. The summed E-state index contributed by atoms with van der Waals surface area (Å²) >= 11 is 0. The lowest BCUT2D eigenvalue weighted by molar-refractivity contribution is -0.120. The fourth-order valence-corrected chi connectivity index (χ4v) is 4.22. The number of nitrogens with zero attached hydrogens (tertiary/aromatic N) is 2. The van der Waals surface area contributed by atoms with Crippen LogP contribution in [0.5, 0.6) is 0 Å². The van der Waals surface area contributed by atoms with E-state index in [9.17, 15) is 9.59 Å². The smallest absolute Gasteiger partial charge is 0.282 e. The zero-order valence-corrected chi connectivity index (χ0v) is 20.6. The fourth-order valence-electron chi connectivity index (χ4n) is 4.22. The van der Waals surface area contributed by atoms with Crippen molar-refractivity contribution in [2.24, 2.45) is 0 Å². The lowest BCUT2D eigenvalue weighted by Gasteiger charge is -2.18. The van der Waals surface area contributed by atoms with Crippen molar-refractivity contribution in [2.75, 3.05) is 29.2 Å². The number of carbonyl (C=O) groups is 2. The van der Waals surface area contributed by atoms with Crippen LogP contribution in [-0.2, 0) is 9.59 Å². The molecule has 0 atom stereocenters. The first-order valence-corrected chi connectivity index (χ1v) is 11.5. The Kier molecular flexibility index (Phi) is 6.29. The van der Waals surface area contributed by atoms with Crippen molar-refractivity contribution in [3.8, 4) is 0 Å². The highest BCUT2D eigenvalue weighted by Crippen LogP contribution is 2.36. The maximum Gasteiger partial charge on any atom is 0.282 e. The number of carbonyl (C=O) groups excluding carboxylic acids is 2. The second kappa shape index (κ2) is 9.18. The van der Waals surface area contributed by atoms with E-state index in [1.807, 2.05) is 99.6 Å². The van der Waals surface area contributed by atoms with E-state index in [-0.39, 0.29) is 11.8 Å². The fraction of sp³-hybridized carbons (Fsp3) is 0.241. The quantitative estimate of drug-likeness (QED) is 0.473. The number of benzene rings is 3. The van der Waals surface area contributed by atoms with Gasteiger partial charge in [0.1, 0.15) is 5.70 Å². The minimum atomic E-state index is -0.356. The van der Waals surface area contributed by atoms with Crippen LogP contribution >= 0.6 is 0 Å². The van der Waals surface area contributed by atoms with E-state index in [2.05, 4.69) is 19.2 Å². The predicted octanol–water partition coefficient (Wildman–Crippen LogP) is 5.89. The van der Waals surface area contributed by atoms with Gasteiger partial charge in [0.25, 0.3) is 11.8 Å². The summed E-state index contributed by atoms with van der Waals surface area (Å²) in [5.41, 5.74) is 7.04. The summed E-state index contributed by atoms with van der Waals surface area (Å²) in [5.74, 6) is -0.268. The summed E-state index contributed by atoms with van der Waals surface area (Å²) in [6.45, 7) is 8.27. The molecule has 5 heteroatoms. The van der Waals surface area contributed by atoms with Crippen LogP contribution < -0.4 is 15.1 Å². The van der Waals surface area contributed by atoms with E-state index in [0.29, 0.717) is 22.9 Å².